The van der Waals surface area contributed by atoms with Gasteiger partial charge in [0.2, 0.25) is 0 Å². The van der Waals surface area contributed by atoms with Crippen LogP contribution in [0.2, 0.25) is 0 Å². The minimum absolute atomic E-state index is 0.0985. The Labute approximate surface area is 150 Å². The van der Waals surface area contributed by atoms with Gasteiger partial charge in [-0.15, -0.1) is 0 Å². The maximum Gasteiger partial charge on any atom is 0.323 e. The fourth-order valence-corrected chi connectivity index (χ4v) is 4.43. The van der Waals surface area contributed by atoms with Gasteiger partial charge >= 0.3 is 5.69 Å². The average molecular weight is 354 g/mol. The second-order valence-electron chi connectivity index (χ2n) is 7.72. The van der Waals surface area contributed by atoms with Crippen molar-refractivity contribution < 1.29 is 4.79 Å². The third-order valence-corrected chi connectivity index (χ3v) is 6.12. The van der Waals surface area contributed by atoms with Crippen LogP contribution in [0, 0.1) is 11.8 Å². The van der Waals surface area contributed by atoms with Gasteiger partial charge in [-0.25, -0.2) is 14.8 Å². The summed E-state index contributed by atoms with van der Waals surface area (Å²) in [6.07, 6.45) is 6.91. The summed E-state index contributed by atoms with van der Waals surface area (Å²) in [5.74, 6) is 2.43. The predicted octanol–water partition coefficient (Wildman–Crippen LogP) is 0.969. The predicted molar refractivity (Wildman–Crippen MR) is 95.1 cm³/mol. The van der Waals surface area contributed by atoms with Crippen LogP contribution in [0.15, 0.2) is 23.4 Å². The molecule has 2 aromatic heterocycles. The molecule has 0 spiro atoms. The number of rotatable bonds is 3. The smallest absolute Gasteiger partial charge is 0.323 e. The summed E-state index contributed by atoms with van der Waals surface area (Å²) in [4.78, 5) is 41.9. The lowest BCUT2D eigenvalue weighted by molar-refractivity contribution is 0.0777. The van der Waals surface area contributed by atoms with E-state index in [9.17, 15) is 9.59 Å². The first-order valence-corrected chi connectivity index (χ1v) is 9.31. The van der Waals surface area contributed by atoms with Gasteiger partial charge in [-0.2, -0.15) is 0 Å². The van der Waals surface area contributed by atoms with E-state index in [0.29, 0.717) is 23.4 Å². The van der Waals surface area contributed by atoms with Crippen LogP contribution in [0.5, 0.6) is 0 Å². The molecule has 2 N–H and O–H groups in total. The molecule has 5 rings (SSSR count). The molecule has 1 saturated carbocycles. The van der Waals surface area contributed by atoms with E-state index in [1.165, 1.54) is 31.2 Å². The van der Waals surface area contributed by atoms with E-state index in [2.05, 4.69) is 30.9 Å². The molecule has 0 bridgehead atoms. The number of aromatic amines is 2. The lowest BCUT2D eigenvalue weighted by Crippen LogP contribution is -2.34. The van der Waals surface area contributed by atoms with Gasteiger partial charge in [0.05, 0.1) is 0 Å². The number of nitrogens with zero attached hydrogens (tertiary/aromatic N) is 4. The van der Waals surface area contributed by atoms with Crippen molar-refractivity contribution in [1.82, 2.24) is 24.8 Å². The van der Waals surface area contributed by atoms with Crippen LogP contribution >= 0.6 is 0 Å². The van der Waals surface area contributed by atoms with Crippen molar-refractivity contribution in [2.75, 3.05) is 31.1 Å². The van der Waals surface area contributed by atoms with Crippen LogP contribution in [0.4, 0.5) is 5.82 Å². The number of amides is 1. The van der Waals surface area contributed by atoms with Gasteiger partial charge < -0.3 is 19.8 Å². The van der Waals surface area contributed by atoms with Gasteiger partial charge in [0.1, 0.15) is 17.8 Å². The Balaban J connectivity index is 1.26. The minimum Gasteiger partial charge on any atom is -0.356 e. The highest BCUT2D eigenvalue weighted by Crippen LogP contribution is 2.37. The molecule has 2 saturated heterocycles. The van der Waals surface area contributed by atoms with Gasteiger partial charge in [-0.1, -0.05) is 6.42 Å². The number of fused-ring (bicyclic) bond motifs is 1. The number of imidazole rings is 1. The number of carbonyl (C=O) groups is 1. The number of carbonyl (C=O) groups excluding carboxylic acids is 1. The third kappa shape index (κ3) is 2.60. The first-order chi connectivity index (χ1) is 12.7. The van der Waals surface area contributed by atoms with Crippen molar-refractivity contribution in [3.05, 3.63) is 40.5 Å². The Morgan fingerprint density at radius 3 is 2.50 bits per heavy atom. The molecule has 8 nitrogen and oxygen atoms in total. The van der Waals surface area contributed by atoms with E-state index in [-0.39, 0.29) is 11.6 Å². The van der Waals surface area contributed by atoms with Crippen molar-refractivity contribution in [2.45, 2.75) is 25.2 Å². The molecule has 0 aromatic carbocycles. The first kappa shape index (κ1) is 15.6. The van der Waals surface area contributed by atoms with Crippen LogP contribution in [0.1, 0.15) is 41.4 Å². The summed E-state index contributed by atoms with van der Waals surface area (Å²) in [7, 11) is 0. The number of hydrogen-bond donors (Lipinski definition) is 2. The van der Waals surface area contributed by atoms with Gasteiger partial charge in [0, 0.05) is 61.9 Å². The molecule has 2 aliphatic heterocycles. The molecule has 3 aliphatic rings. The second kappa shape index (κ2) is 5.96. The van der Waals surface area contributed by atoms with Gasteiger partial charge in [0.15, 0.2) is 0 Å². The largest absolute Gasteiger partial charge is 0.356 e. The van der Waals surface area contributed by atoms with Gasteiger partial charge in [-0.3, -0.25) is 4.79 Å². The molecule has 136 valence electrons. The minimum atomic E-state index is -0.343. The Bertz CT molecular complexity index is 872. The highest BCUT2D eigenvalue weighted by atomic mass is 16.2. The maximum atomic E-state index is 12.5. The number of H-pyrrole nitrogens is 2. The Morgan fingerprint density at radius 1 is 1.12 bits per heavy atom. The van der Waals surface area contributed by atoms with Crippen molar-refractivity contribution >= 4 is 11.7 Å². The summed E-state index contributed by atoms with van der Waals surface area (Å²) in [6.45, 7) is 3.29. The zero-order valence-electron chi connectivity index (χ0n) is 14.5. The van der Waals surface area contributed by atoms with Crippen molar-refractivity contribution in [1.29, 1.82) is 0 Å². The maximum absolute atomic E-state index is 12.5. The molecule has 2 atom stereocenters. The lowest BCUT2D eigenvalue weighted by Gasteiger charge is -2.26. The number of likely N-dealkylation sites (tertiary alicyclic amines) is 1. The molecule has 2 unspecified atom stereocenters. The fraction of sp³-hybridized carbons (Fsp3) is 0.556. The third-order valence-electron chi connectivity index (χ3n) is 6.12. The van der Waals surface area contributed by atoms with E-state index in [1.807, 2.05) is 4.90 Å². The van der Waals surface area contributed by atoms with Crippen LogP contribution in [-0.4, -0.2) is 56.9 Å². The zero-order valence-corrected chi connectivity index (χ0v) is 14.5. The number of anilines is 1. The molecule has 3 fully saturated rings. The van der Waals surface area contributed by atoms with Crippen LogP contribution < -0.4 is 10.6 Å². The van der Waals surface area contributed by atoms with E-state index in [1.54, 1.807) is 6.33 Å². The SMILES string of the molecule is O=C(c1c[nH]c(=O)[nH]1)N1CC2CN(c3cc(C4CCC4)ncn3)CC2C1. The topological polar surface area (TPSA) is 98.0 Å². The summed E-state index contributed by atoms with van der Waals surface area (Å²) in [5.41, 5.74) is 1.17. The van der Waals surface area contributed by atoms with Crippen LogP contribution in [0.3, 0.4) is 0 Å². The van der Waals surface area contributed by atoms with Crippen LogP contribution in [0.25, 0.3) is 0 Å². The highest BCUT2D eigenvalue weighted by molar-refractivity contribution is 5.92. The van der Waals surface area contributed by atoms with Crippen molar-refractivity contribution in [2.24, 2.45) is 11.8 Å². The summed E-state index contributed by atoms with van der Waals surface area (Å²) >= 11 is 0. The molecular formula is C18H22N6O2. The van der Waals surface area contributed by atoms with Gasteiger partial charge in [0.25, 0.3) is 5.91 Å². The Hall–Kier alpha value is -2.64. The molecule has 26 heavy (non-hydrogen) atoms. The lowest BCUT2D eigenvalue weighted by atomic mass is 9.83. The van der Waals surface area contributed by atoms with Crippen LogP contribution in [-0.2, 0) is 0 Å². The molecule has 1 amide bonds. The molecule has 4 heterocycles. The fourth-order valence-electron chi connectivity index (χ4n) is 4.43. The van der Waals surface area contributed by atoms with Crippen molar-refractivity contribution in [3.63, 3.8) is 0 Å². The second-order valence-corrected chi connectivity index (χ2v) is 7.72. The summed E-state index contributed by atoms with van der Waals surface area (Å²) < 4.78 is 0. The van der Waals surface area contributed by atoms with Crippen molar-refractivity contribution in [3.8, 4) is 0 Å². The van der Waals surface area contributed by atoms with E-state index >= 15 is 0 Å². The Kier molecular flexibility index (Phi) is 3.58. The Morgan fingerprint density at radius 2 is 1.88 bits per heavy atom. The standard InChI is InChI=1S/C18H22N6O2/c25-17(15-5-19-18(26)22-15)24-8-12-6-23(7-13(12)9-24)16-4-14(20-10-21-16)11-2-1-3-11/h4-5,10-13H,1-3,6-9H2,(H2,19,22,26). The highest BCUT2D eigenvalue weighted by Gasteiger charge is 2.42. The van der Waals surface area contributed by atoms with E-state index in [0.717, 1.165) is 32.0 Å². The zero-order chi connectivity index (χ0) is 17.7. The molecule has 2 aromatic rings. The number of hydrogen-bond acceptors (Lipinski definition) is 5. The van der Waals surface area contributed by atoms with E-state index < -0.39 is 0 Å². The number of nitrogens with one attached hydrogen (secondary N) is 2. The first-order valence-electron chi connectivity index (χ1n) is 9.31. The number of aromatic nitrogens is 4. The normalized spacial score (nSPS) is 25.4. The summed E-state index contributed by atoms with van der Waals surface area (Å²) in [5, 5.41) is 0. The molecule has 8 heteroatoms. The monoisotopic (exact) mass is 354 g/mol. The molecular weight excluding hydrogens is 332 g/mol. The summed E-state index contributed by atoms with van der Waals surface area (Å²) in [6, 6.07) is 2.15. The van der Waals surface area contributed by atoms with E-state index in [4.69, 9.17) is 0 Å². The molecule has 1 aliphatic carbocycles. The average Bonchev–Trinajstić information content (AvgIpc) is 3.27. The molecule has 0 radical (unpaired) electrons. The quantitative estimate of drug-likeness (QED) is 0.856. The van der Waals surface area contributed by atoms with Gasteiger partial charge in [-0.05, 0) is 12.8 Å².